The molecule has 1 amide bonds. The number of ether oxygens (including phenoxy) is 1. The molecule has 0 aliphatic rings. The zero-order valence-electron chi connectivity index (χ0n) is 13.5. The number of carbonyl (C=O) groups excluding carboxylic acids is 1. The average Bonchev–Trinajstić information content (AvgIpc) is 2.73. The Labute approximate surface area is 133 Å². The van der Waals surface area contributed by atoms with Crippen LogP contribution >= 0.6 is 0 Å². The van der Waals surface area contributed by atoms with Crippen molar-refractivity contribution in [1.29, 1.82) is 0 Å². The van der Waals surface area contributed by atoms with E-state index in [0.29, 0.717) is 17.9 Å². The largest absolute Gasteiger partial charge is 0.466 e. The highest BCUT2D eigenvalue weighted by Crippen LogP contribution is 2.23. The monoisotopic (exact) mass is 323 g/mol. The summed E-state index contributed by atoms with van der Waals surface area (Å²) >= 11 is 0. The summed E-state index contributed by atoms with van der Waals surface area (Å²) in [4.78, 5) is 14.1. The zero-order chi connectivity index (χ0) is 17.1. The van der Waals surface area contributed by atoms with Crippen molar-refractivity contribution in [1.82, 2.24) is 4.90 Å². The van der Waals surface area contributed by atoms with Gasteiger partial charge in [-0.05, 0) is 38.5 Å². The fraction of sp³-hybridized carbons (Fsp3) is 0.353. The highest BCUT2D eigenvalue weighted by atomic mass is 19.3. The molecule has 0 bridgehead atoms. The smallest absolute Gasteiger partial charge is 0.387 e. The lowest BCUT2D eigenvalue weighted by atomic mass is 10.1. The van der Waals surface area contributed by atoms with E-state index in [4.69, 9.17) is 4.42 Å². The second kappa shape index (κ2) is 6.81. The molecular formula is C17H19F2NO3. The molecule has 0 aliphatic heterocycles. The SMILES string of the molecule is Cc1oc(C)c(C(=O)N(C)Cc2ccc(OC(F)F)cc2)c1C. The van der Waals surface area contributed by atoms with E-state index in [9.17, 15) is 13.6 Å². The number of furan rings is 1. The maximum atomic E-state index is 12.6. The Morgan fingerprint density at radius 1 is 1.17 bits per heavy atom. The molecule has 0 unspecified atom stereocenters. The van der Waals surface area contributed by atoms with Gasteiger partial charge in [0.15, 0.2) is 0 Å². The minimum Gasteiger partial charge on any atom is -0.466 e. The number of halogens is 2. The first-order chi connectivity index (χ1) is 10.8. The summed E-state index contributed by atoms with van der Waals surface area (Å²) in [5.41, 5.74) is 2.22. The van der Waals surface area contributed by atoms with Crippen LogP contribution in [0.2, 0.25) is 0 Å². The van der Waals surface area contributed by atoms with E-state index < -0.39 is 6.61 Å². The maximum Gasteiger partial charge on any atom is 0.387 e. The molecule has 0 aliphatic carbocycles. The Hall–Kier alpha value is -2.37. The van der Waals surface area contributed by atoms with Crippen LogP contribution in [0.25, 0.3) is 0 Å². The number of rotatable bonds is 5. The lowest BCUT2D eigenvalue weighted by molar-refractivity contribution is -0.0498. The van der Waals surface area contributed by atoms with Gasteiger partial charge in [-0.1, -0.05) is 12.1 Å². The molecule has 2 aromatic rings. The van der Waals surface area contributed by atoms with E-state index in [1.54, 1.807) is 31.0 Å². The van der Waals surface area contributed by atoms with Crippen LogP contribution in [0.1, 0.15) is 33.0 Å². The van der Waals surface area contributed by atoms with Crippen LogP contribution in [0.3, 0.4) is 0 Å². The molecule has 0 atom stereocenters. The van der Waals surface area contributed by atoms with Crippen LogP contribution < -0.4 is 4.74 Å². The average molecular weight is 323 g/mol. The van der Waals surface area contributed by atoms with Gasteiger partial charge in [0, 0.05) is 19.2 Å². The summed E-state index contributed by atoms with van der Waals surface area (Å²) in [5, 5.41) is 0. The number of hydrogen-bond donors (Lipinski definition) is 0. The van der Waals surface area contributed by atoms with Crippen molar-refractivity contribution in [2.24, 2.45) is 0 Å². The minimum atomic E-state index is -2.85. The first-order valence-corrected chi connectivity index (χ1v) is 7.15. The Bertz CT molecular complexity index is 693. The van der Waals surface area contributed by atoms with Crippen molar-refractivity contribution in [2.45, 2.75) is 33.9 Å². The highest BCUT2D eigenvalue weighted by Gasteiger charge is 2.21. The summed E-state index contributed by atoms with van der Waals surface area (Å²) in [5.74, 6) is 1.28. The van der Waals surface area contributed by atoms with E-state index in [0.717, 1.165) is 16.9 Å². The predicted octanol–water partition coefficient (Wildman–Crippen LogP) is 4.08. The van der Waals surface area contributed by atoms with Crippen molar-refractivity contribution >= 4 is 5.91 Å². The molecule has 0 saturated heterocycles. The van der Waals surface area contributed by atoms with Crippen LogP contribution in [-0.4, -0.2) is 24.5 Å². The Morgan fingerprint density at radius 3 is 2.26 bits per heavy atom. The van der Waals surface area contributed by atoms with Crippen LogP contribution in [0.4, 0.5) is 8.78 Å². The summed E-state index contributed by atoms with van der Waals surface area (Å²) in [7, 11) is 1.69. The summed E-state index contributed by atoms with van der Waals surface area (Å²) in [6, 6.07) is 6.22. The minimum absolute atomic E-state index is 0.0925. The molecule has 1 aromatic carbocycles. The molecule has 6 heteroatoms. The van der Waals surface area contributed by atoms with Gasteiger partial charge in [-0.2, -0.15) is 8.78 Å². The van der Waals surface area contributed by atoms with Gasteiger partial charge in [0.1, 0.15) is 17.3 Å². The van der Waals surface area contributed by atoms with Crippen LogP contribution in [-0.2, 0) is 6.54 Å². The Balaban J connectivity index is 2.09. The summed E-state index contributed by atoms with van der Waals surface area (Å²) < 4.78 is 34.0. The lowest BCUT2D eigenvalue weighted by Gasteiger charge is -2.17. The predicted molar refractivity (Wildman–Crippen MR) is 81.8 cm³/mol. The maximum absolute atomic E-state index is 12.6. The standard InChI is InChI=1S/C17H19F2NO3/c1-10-11(2)22-12(3)15(10)16(21)20(4)9-13-5-7-14(8-6-13)23-17(18)19/h5-8,17H,9H2,1-4H3. The summed E-state index contributed by atoms with van der Waals surface area (Å²) in [6.45, 7) is 2.94. The lowest BCUT2D eigenvalue weighted by Crippen LogP contribution is -2.27. The van der Waals surface area contributed by atoms with Crippen molar-refractivity contribution < 1.29 is 22.7 Å². The van der Waals surface area contributed by atoms with Crippen molar-refractivity contribution in [2.75, 3.05) is 7.05 Å². The van der Waals surface area contributed by atoms with E-state index in [-0.39, 0.29) is 11.7 Å². The number of nitrogens with zero attached hydrogens (tertiary/aromatic N) is 1. The van der Waals surface area contributed by atoms with Gasteiger partial charge in [-0.15, -0.1) is 0 Å². The molecular weight excluding hydrogens is 304 g/mol. The topological polar surface area (TPSA) is 42.7 Å². The molecule has 0 fully saturated rings. The van der Waals surface area contributed by atoms with Gasteiger partial charge in [0.05, 0.1) is 5.56 Å². The number of hydrogen-bond acceptors (Lipinski definition) is 3. The van der Waals surface area contributed by atoms with Gasteiger partial charge in [0.25, 0.3) is 5.91 Å². The van der Waals surface area contributed by atoms with Gasteiger partial charge < -0.3 is 14.1 Å². The number of amides is 1. The van der Waals surface area contributed by atoms with Crippen LogP contribution in [0.5, 0.6) is 5.75 Å². The number of aryl methyl sites for hydroxylation is 2. The van der Waals surface area contributed by atoms with Crippen LogP contribution in [0.15, 0.2) is 28.7 Å². The number of carbonyl (C=O) groups is 1. The summed E-state index contributed by atoms with van der Waals surface area (Å²) in [6.07, 6.45) is 0. The van der Waals surface area contributed by atoms with Gasteiger partial charge in [-0.3, -0.25) is 4.79 Å². The normalized spacial score (nSPS) is 10.9. The second-order valence-electron chi connectivity index (χ2n) is 5.40. The molecule has 2 rings (SSSR count). The molecule has 0 saturated carbocycles. The van der Waals surface area contributed by atoms with Crippen LogP contribution in [0, 0.1) is 20.8 Å². The molecule has 1 aromatic heterocycles. The van der Waals surface area contributed by atoms with E-state index in [2.05, 4.69) is 4.74 Å². The quantitative estimate of drug-likeness (QED) is 0.833. The molecule has 0 N–H and O–H groups in total. The Kier molecular flexibility index (Phi) is 5.03. The van der Waals surface area contributed by atoms with E-state index >= 15 is 0 Å². The molecule has 124 valence electrons. The third-order valence-corrected chi connectivity index (χ3v) is 3.69. The fourth-order valence-corrected chi connectivity index (χ4v) is 2.42. The molecule has 0 spiro atoms. The van der Waals surface area contributed by atoms with E-state index in [1.807, 2.05) is 13.8 Å². The van der Waals surface area contributed by atoms with Crippen molar-refractivity contribution in [3.63, 3.8) is 0 Å². The van der Waals surface area contributed by atoms with Crippen molar-refractivity contribution in [3.8, 4) is 5.75 Å². The third kappa shape index (κ3) is 3.88. The fourth-order valence-electron chi connectivity index (χ4n) is 2.42. The second-order valence-corrected chi connectivity index (χ2v) is 5.40. The molecule has 4 nitrogen and oxygen atoms in total. The number of benzene rings is 1. The van der Waals surface area contributed by atoms with Gasteiger partial charge >= 0.3 is 6.61 Å². The van der Waals surface area contributed by atoms with Gasteiger partial charge in [-0.25, -0.2) is 0 Å². The Morgan fingerprint density at radius 2 is 1.78 bits per heavy atom. The van der Waals surface area contributed by atoms with Gasteiger partial charge in [0.2, 0.25) is 0 Å². The first kappa shape index (κ1) is 17.0. The first-order valence-electron chi connectivity index (χ1n) is 7.15. The highest BCUT2D eigenvalue weighted by molar-refractivity contribution is 5.96. The third-order valence-electron chi connectivity index (χ3n) is 3.69. The number of alkyl halides is 2. The van der Waals surface area contributed by atoms with Crippen molar-refractivity contribution in [3.05, 3.63) is 52.5 Å². The molecule has 23 heavy (non-hydrogen) atoms. The molecule has 0 radical (unpaired) electrons. The van der Waals surface area contributed by atoms with E-state index in [1.165, 1.54) is 12.1 Å². The molecule has 1 heterocycles. The zero-order valence-corrected chi connectivity index (χ0v) is 13.5.